The number of hydrogen-bond acceptors (Lipinski definition) is 3. The largest absolute Gasteiger partial charge is 0.417 e. The summed E-state index contributed by atoms with van der Waals surface area (Å²) in [6.45, 7) is 3.48. The third-order valence-corrected chi connectivity index (χ3v) is 4.70. The van der Waals surface area contributed by atoms with E-state index in [4.69, 9.17) is 11.6 Å². The van der Waals surface area contributed by atoms with Crippen molar-refractivity contribution in [3.8, 4) is 0 Å². The summed E-state index contributed by atoms with van der Waals surface area (Å²) in [6.07, 6.45) is -4.12. The van der Waals surface area contributed by atoms with E-state index in [1.54, 1.807) is 0 Å². The first-order valence-corrected chi connectivity index (χ1v) is 8.52. The zero-order chi connectivity index (χ0) is 17.8. The third kappa shape index (κ3) is 5.36. The molecule has 0 unspecified atom stereocenters. The van der Waals surface area contributed by atoms with Crippen LogP contribution in [-0.2, 0) is 21.0 Å². The first kappa shape index (κ1) is 19.7. The van der Waals surface area contributed by atoms with Crippen LogP contribution in [-0.4, -0.2) is 26.9 Å². The maximum Gasteiger partial charge on any atom is 0.417 e. The van der Waals surface area contributed by atoms with Crippen LogP contribution in [0.2, 0.25) is 5.02 Å². The number of hydrogen-bond donors (Lipinski definition) is 2. The van der Waals surface area contributed by atoms with E-state index in [-0.39, 0.29) is 0 Å². The number of rotatable bonds is 6. The van der Waals surface area contributed by atoms with Crippen molar-refractivity contribution in [2.45, 2.75) is 37.4 Å². The molecule has 0 radical (unpaired) electrons. The minimum atomic E-state index is -4.78. The average Bonchev–Trinajstić information content (AvgIpc) is 2.43. The fourth-order valence-corrected chi connectivity index (χ4v) is 3.10. The Bertz CT molecular complexity index is 678. The maximum absolute atomic E-state index is 12.8. The van der Waals surface area contributed by atoms with E-state index in [2.05, 4.69) is 5.32 Å². The van der Waals surface area contributed by atoms with Crippen molar-refractivity contribution in [1.29, 1.82) is 0 Å². The Morgan fingerprint density at radius 3 is 2.48 bits per heavy atom. The molecule has 0 spiro atoms. The van der Waals surface area contributed by atoms with Crippen molar-refractivity contribution in [2.75, 3.05) is 6.54 Å². The van der Waals surface area contributed by atoms with Crippen molar-refractivity contribution in [3.05, 3.63) is 28.8 Å². The van der Waals surface area contributed by atoms with Crippen LogP contribution >= 0.6 is 11.6 Å². The molecular weight excluding hydrogens is 357 g/mol. The Morgan fingerprint density at radius 2 is 1.96 bits per heavy atom. The fourth-order valence-electron chi connectivity index (χ4n) is 1.64. The fraction of sp³-hybridized carbons (Fsp3) is 0.462. The zero-order valence-corrected chi connectivity index (χ0v) is 13.9. The van der Waals surface area contributed by atoms with Gasteiger partial charge in [0.1, 0.15) is 0 Å². The van der Waals surface area contributed by atoms with Gasteiger partial charge in [-0.05, 0) is 31.5 Å². The van der Waals surface area contributed by atoms with Crippen molar-refractivity contribution in [3.63, 3.8) is 0 Å². The van der Waals surface area contributed by atoms with Gasteiger partial charge in [-0.15, -0.1) is 0 Å². The number of sulfonamides is 1. The number of amides is 1. The van der Waals surface area contributed by atoms with Gasteiger partial charge in [-0.2, -0.15) is 17.9 Å². The Kier molecular flexibility index (Phi) is 6.43. The Balaban J connectivity index is 3.03. The summed E-state index contributed by atoms with van der Waals surface area (Å²) in [5.41, 5.74) is -1.26. The van der Waals surface area contributed by atoms with Gasteiger partial charge in [-0.3, -0.25) is 4.79 Å². The molecule has 0 aliphatic heterocycles. The van der Waals surface area contributed by atoms with Crippen molar-refractivity contribution in [2.24, 2.45) is 0 Å². The van der Waals surface area contributed by atoms with Crippen LogP contribution in [0, 0.1) is 0 Å². The van der Waals surface area contributed by atoms with E-state index < -0.39 is 43.6 Å². The van der Waals surface area contributed by atoms with E-state index in [0.717, 1.165) is 12.1 Å². The normalized spacial score (nSPS) is 13.7. The molecule has 23 heavy (non-hydrogen) atoms. The van der Waals surface area contributed by atoms with Crippen LogP contribution in [0.15, 0.2) is 23.1 Å². The molecule has 2 N–H and O–H groups in total. The molecule has 1 aromatic carbocycles. The predicted octanol–water partition coefficient (Wildman–Crippen LogP) is 2.55. The number of nitrogens with one attached hydrogen (secondary N) is 2. The Labute approximate surface area is 137 Å². The number of halogens is 4. The van der Waals surface area contributed by atoms with Gasteiger partial charge in [0, 0.05) is 6.54 Å². The Morgan fingerprint density at radius 1 is 1.35 bits per heavy atom. The highest BCUT2D eigenvalue weighted by molar-refractivity contribution is 7.89. The number of carbonyl (C=O) groups excluding carboxylic acids is 1. The molecular formula is C13H16ClF3N2O3S. The minimum Gasteiger partial charge on any atom is -0.355 e. The quantitative estimate of drug-likeness (QED) is 0.805. The molecule has 0 bridgehead atoms. The summed E-state index contributed by atoms with van der Waals surface area (Å²) in [4.78, 5) is 11.0. The smallest absolute Gasteiger partial charge is 0.355 e. The van der Waals surface area contributed by atoms with Crippen molar-refractivity contribution in [1.82, 2.24) is 10.0 Å². The second kappa shape index (κ2) is 7.50. The van der Waals surface area contributed by atoms with Crippen LogP contribution in [0.4, 0.5) is 13.2 Å². The summed E-state index contributed by atoms with van der Waals surface area (Å²) in [7, 11) is -4.30. The second-order valence-corrected chi connectivity index (χ2v) is 6.89. The predicted molar refractivity (Wildman–Crippen MR) is 79.5 cm³/mol. The van der Waals surface area contributed by atoms with Gasteiger partial charge in [0.15, 0.2) is 0 Å². The minimum absolute atomic E-state index is 0.365. The second-order valence-electron chi connectivity index (χ2n) is 4.77. The van der Waals surface area contributed by atoms with Gasteiger partial charge in [0.05, 0.1) is 21.5 Å². The molecule has 1 amide bonds. The lowest BCUT2D eigenvalue weighted by atomic mass is 10.2. The molecule has 0 aliphatic carbocycles. The lowest BCUT2D eigenvalue weighted by Gasteiger charge is -2.15. The van der Waals surface area contributed by atoms with Gasteiger partial charge < -0.3 is 5.32 Å². The summed E-state index contributed by atoms with van der Waals surface area (Å²) < 4.78 is 64.6. The Hall–Kier alpha value is -1.32. The zero-order valence-electron chi connectivity index (χ0n) is 12.4. The molecule has 0 aliphatic rings. The van der Waals surface area contributed by atoms with E-state index in [9.17, 15) is 26.4 Å². The van der Waals surface area contributed by atoms with Crippen LogP contribution in [0.25, 0.3) is 0 Å². The molecule has 1 aromatic rings. The topological polar surface area (TPSA) is 75.3 Å². The van der Waals surface area contributed by atoms with Crippen molar-refractivity contribution >= 4 is 27.5 Å². The van der Waals surface area contributed by atoms with Gasteiger partial charge in [-0.1, -0.05) is 18.5 Å². The van der Waals surface area contributed by atoms with E-state index in [1.807, 2.05) is 11.6 Å². The highest BCUT2D eigenvalue weighted by Gasteiger charge is 2.34. The highest BCUT2D eigenvalue weighted by atomic mass is 35.5. The molecule has 10 heteroatoms. The summed E-state index contributed by atoms with van der Waals surface area (Å²) in [5.74, 6) is -0.569. The highest BCUT2D eigenvalue weighted by Crippen LogP contribution is 2.35. The molecule has 1 rings (SSSR count). The lowest BCUT2D eigenvalue weighted by Crippen LogP contribution is -2.44. The van der Waals surface area contributed by atoms with Gasteiger partial charge in [0.2, 0.25) is 15.9 Å². The summed E-state index contributed by atoms with van der Waals surface area (Å²) >= 11 is 5.44. The summed E-state index contributed by atoms with van der Waals surface area (Å²) in [5, 5.41) is 1.88. The van der Waals surface area contributed by atoms with Crippen LogP contribution in [0.5, 0.6) is 0 Å². The SMILES string of the molecule is CCCNC(=O)[C@@H](C)NS(=O)(=O)c1ccc(Cl)c(C(F)(F)F)c1. The van der Waals surface area contributed by atoms with Crippen LogP contribution < -0.4 is 10.0 Å². The molecule has 0 heterocycles. The standard InChI is InChI=1S/C13H16ClF3N2O3S/c1-3-6-18-12(20)8(2)19-23(21,22)9-4-5-11(14)10(7-9)13(15,16)17/h4-5,7-8,19H,3,6H2,1-2H3,(H,18,20)/t8-/m1/s1. The summed E-state index contributed by atoms with van der Waals surface area (Å²) in [6, 6.07) is 1.09. The van der Waals surface area contributed by atoms with Gasteiger partial charge in [0.25, 0.3) is 0 Å². The molecule has 130 valence electrons. The molecule has 0 saturated heterocycles. The number of benzene rings is 1. The van der Waals surface area contributed by atoms with Gasteiger partial charge in [-0.25, -0.2) is 8.42 Å². The van der Waals surface area contributed by atoms with Crippen LogP contribution in [0.3, 0.4) is 0 Å². The number of carbonyl (C=O) groups is 1. The van der Waals surface area contributed by atoms with E-state index in [1.165, 1.54) is 6.92 Å². The monoisotopic (exact) mass is 372 g/mol. The first-order valence-electron chi connectivity index (χ1n) is 6.66. The van der Waals surface area contributed by atoms with Gasteiger partial charge >= 0.3 is 6.18 Å². The van der Waals surface area contributed by atoms with Crippen molar-refractivity contribution < 1.29 is 26.4 Å². The van der Waals surface area contributed by atoms with E-state index >= 15 is 0 Å². The molecule has 1 atom stereocenters. The number of alkyl halides is 3. The molecule has 0 fully saturated rings. The van der Waals surface area contributed by atoms with Crippen LogP contribution in [0.1, 0.15) is 25.8 Å². The maximum atomic E-state index is 12.8. The molecule has 0 aromatic heterocycles. The molecule has 0 saturated carbocycles. The molecule has 5 nitrogen and oxygen atoms in total. The average molecular weight is 373 g/mol. The third-order valence-electron chi connectivity index (χ3n) is 2.83. The lowest BCUT2D eigenvalue weighted by molar-refractivity contribution is -0.137. The first-order chi connectivity index (χ1) is 10.5. The van der Waals surface area contributed by atoms with E-state index in [0.29, 0.717) is 19.0 Å².